The summed E-state index contributed by atoms with van der Waals surface area (Å²) in [6, 6.07) is 11.4. The zero-order valence-corrected chi connectivity index (χ0v) is 18.4. The second-order valence-corrected chi connectivity index (χ2v) is 7.42. The molecule has 2 aromatic rings. The lowest BCUT2D eigenvalue weighted by molar-refractivity contribution is -0.122. The fraction of sp³-hybridized carbons (Fsp3) is 0.409. The first kappa shape index (κ1) is 22.1. The van der Waals surface area contributed by atoms with Crippen molar-refractivity contribution in [1.82, 2.24) is 10.2 Å². The van der Waals surface area contributed by atoms with E-state index >= 15 is 0 Å². The molecule has 162 valence electrons. The Morgan fingerprint density at radius 1 is 0.967 bits per heavy atom. The molecule has 0 radical (unpaired) electrons. The van der Waals surface area contributed by atoms with Crippen LogP contribution < -0.4 is 24.4 Å². The summed E-state index contributed by atoms with van der Waals surface area (Å²) >= 11 is 6.30. The van der Waals surface area contributed by atoms with E-state index in [-0.39, 0.29) is 5.91 Å². The number of amides is 1. The maximum atomic E-state index is 12.5. The number of anilines is 1. The van der Waals surface area contributed by atoms with Crippen LogP contribution in [0.1, 0.15) is 5.56 Å². The number of rotatable bonds is 8. The number of piperazine rings is 1. The van der Waals surface area contributed by atoms with Gasteiger partial charge in [0.2, 0.25) is 5.91 Å². The highest BCUT2D eigenvalue weighted by molar-refractivity contribution is 6.33. The SMILES string of the molecule is COc1cc(OC)c(OC)cc1CNC(=O)CN1CCN(c2ccccc2Cl)CC1. The topological polar surface area (TPSA) is 63.3 Å². The zero-order chi connectivity index (χ0) is 21.5. The Balaban J connectivity index is 1.52. The summed E-state index contributed by atoms with van der Waals surface area (Å²) in [5.74, 6) is 1.79. The highest BCUT2D eigenvalue weighted by Gasteiger charge is 2.20. The van der Waals surface area contributed by atoms with E-state index in [1.54, 1.807) is 27.4 Å². The molecule has 3 rings (SSSR count). The Morgan fingerprint density at radius 3 is 2.23 bits per heavy atom. The van der Waals surface area contributed by atoms with E-state index in [0.717, 1.165) is 42.5 Å². The van der Waals surface area contributed by atoms with Gasteiger partial charge in [-0.15, -0.1) is 0 Å². The molecule has 1 N–H and O–H groups in total. The van der Waals surface area contributed by atoms with Crippen LogP contribution in [0.15, 0.2) is 36.4 Å². The van der Waals surface area contributed by atoms with Gasteiger partial charge in [-0.2, -0.15) is 0 Å². The number of halogens is 1. The van der Waals surface area contributed by atoms with Crippen molar-refractivity contribution in [3.63, 3.8) is 0 Å². The molecule has 0 aromatic heterocycles. The molecule has 1 saturated heterocycles. The first-order valence-electron chi connectivity index (χ1n) is 9.83. The van der Waals surface area contributed by atoms with Crippen molar-refractivity contribution in [1.29, 1.82) is 0 Å². The van der Waals surface area contributed by atoms with Crippen LogP contribution in [0, 0.1) is 0 Å². The van der Waals surface area contributed by atoms with E-state index in [0.29, 0.717) is 30.3 Å². The highest BCUT2D eigenvalue weighted by Crippen LogP contribution is 2.34. The van der Waals surface area contributed by atoms with E-state index in [2.05, 4.69) is 15.1 Å². The second-order valence-electron chi connectivity index (χ2n) is 7.01. The number of carbonyl (C=O) groups excluding carboxylic acids is 1. The van der Waals surface area contributed by atoms with Crippen LogP contribution in [0.4, 0.5) is 5.69 Å². The normalized spacial score (nSPS) is 14.3. The molecule has 0 atom stereocenters. The first-order valence-corrected chi connectivity index (χ1v) is 10.2. The molecule has 1 fully saturated rings. The first-order chi connectivity index (χ1) is 14.5. The number of hydrogen-bond donors (Lipinski definition) is 1. The van der Waals surface area contributed by atoms with Gasteiger partial charge in [0.25, 0.3) is 0 Å². The minimum absolute atomic E-state index is 0.0296. The Labute approximate surface area is 182 Å². The van der Waals surface area contributed by atoms with Crippen LogP contribution in [0.3, 0.4) is 0 Å². The fourth-order valence-corrected chi connectivity index (χ4v) is 3.79. The number of hydrogen-bond acceptors (Lipinski definition) is 6. The predicted molar refractivity (Wildman–Crippen MR) is 118 cm³/mol. The quantitative estimate of drug-likeness (QED) is 0.690. The molecular weight excluding hydrogens is 406 g/mol. The molecule has 1 heterocycles. The van der Waals surface area contributed by atoms with Gasteiger partial charge in [-0.25, -0.2) is 0 Å². The van der Waals surface area contributed by atoms with Crippen LogP contribution in [0.25, 0.3) is 0 Å². The number of para-hydroxylation sites is 1. The average molecular weight is 434 g/mol. The molecule has 0 spiro atoms. The summed E-state index contributed by atoms with van der Waals surface area (Å²) in [4.78, 5) is 16.9. The lowest BCUT2D eigenvalue weighted by Gasteiger charge is -2.36. The number of methoxy groups -OCH3 is 3. The van der Waals surface area contributed by atoms with Crippen LogP contribution >= 0.6 is 11.6 Å². The van der Waals surface area contributed by atoms with Gasteiger partial charge in [0.15, 0.2) is 11.5 Å². The molecule has 2 aromatic carbocycles. The molecule has 0 bridgehead atoms. The zero-order valence-electron chi connectivity index (χ0n) is 17.6. The minimum Gasteiger partial charge on any atom is -0.496 e. The van der Waals surface area contributed by atoms with E-state index in [9.17, 15) is 4.79 Å². The summed E-state index contributed by atoms with van der Waals surface area (Å²) < 4.78 is 16.1. The molecule has 0 unspecified atom stereocenters. The Hall–Kier alpha value is -2.64. The van der Waals surface area contributed by atoms with E-state index < -0.39 is 0 Å². The minimum atomic E-state index is -0.0296. The molecular formula is C22H28ClN3O4. The van der Waals surface area contributed by atoms with Gasteiger partial charge < -0.3 is 24.4 Å². The van der Waals surface area contributed by atoms with E-state index in [4.69, 9.17) is 25.8 Å². The van der Waals surface area contributed by atoms with Gasteiger partial charge in [0.1, 0.15) is 5.75 Å². The number of carbonyl (C=O) groups is 1. The Kier molecular flexibility index (Phi) is 7.65. The fourth-order valence-electron chi connectivity index (χ4n) is 3.54. The molecule has 1 aliphatic rings. The lowest BCUT2D eigenvalue weighted by Crippen LogP contribution is -2.49. The predicted octanol–water partition coefficient (Wildman–Crippen LogP) is 2.80. The maximum Gasteiger partial charge on any atom is 0.234 e. The van der Waals surface area contributed by atoms with E-state index in [1.165, 1.54) is 0 Å². The van der Waals surface area contributed by atoms with Crippen LogP contribution in [0.2, 0.25) is 5.02 Å². The monoisotopic (exact) mass is 433 g/mol. The standard InChI is InChI=1S/C22H28ClN3O4/c1-28-19-13-21(30-3)20(29-2)12-16(19)14-24-22(27)15-25-8-10-26(11-9-25)18-7-5-4-6-17(18)23/h4-7,12-13H,8-11,14-15H2,1-3H3,(H,24,27). The number of nitrogens with zero attached hydrogens (tertiary/aromatic N) is 2. The Bertz CT molecular complexity index is 869. The second kappa shape index (κ2) is 10.4. The summed E-state index contributed by atoms with van der Waals surface area (Å²) in [6.07, 6.45) is 0. The van der Waals surface area contributed by atoms with Gasteiger partial charge in [0.05, 0.1) is 38.6 Å². The third kappa shape index (κ3) is 5.29. The number of benzene rings is 2. The summed E-state index contributed by atoms with van der Waals surface area (Å²) in [5, 5.41) is 3.73. The van der Waals surface area contributed by atoms with Crippen LogP contribution in [0.5, 0.6) is 17.2 Å². The van der Waals surface area contributed by atoms with Gasteiger partial charge in [0, 0.05) is 44.4 Å². The van der Waals surface area contributed by atoms with E-state index in [1.807, 2.05) is 30.3 Å². The van der Waals surface area contributed by atoms with Crippen molar-refractivity contribution < 1.29 is 19.0 Å². The number of ether oxygens (including phenoxy) is 3. The molecule has 0 saturated carbocycles. The molecule has 30 heavy (non-hydrogen) atoms. The van der Waals surface area contributed by atoms with Crippen molar-refractivity contribution >= 4 is 23.2 Å². The summed E-state index contributed by atoms with van der Waals surface area (Å²) in [6.45, 7) is 3.98. The third-order valence-corrected chi connectivity index (χ3v) is 5.51. The molecule has 7 nitrogen and oxygen atoms in total. The van der Waals surface area contributed by atoms with Crippen molar-refractivity contribution in [3.05, 3.63) is 47.0 Å². The molecule has 8 heteroatoms. The third-order valence-electron chi connectivity index (χ3n) is 5.20. The molecule has 0 aliphatic carbocycles. The van der Waals surface area contributed by atoms with Gasteiger partial charge >= 0.3 is 0 Å². The summed E-state index contributed by atoms with van der Waals surface area (Å²) in [5.41, 5.74) is 1.87. The van der Waals surface area contributed by atoms with Crippen molar-refractivity contribution in [3.8, 4) is 17.2 Å². The van der Waals surface area contributed by atoms with Gasteiger partial charge in [-0.3, -0.25) is 9.69 Å². The lowest BCUT2D eigenvalue weighted by atomic mass is 10.1. The largest absolute Gasteiger partial charge is 0.496 e. The van der Waals surface area contributed by atoms with Crippen LogP contribution in [-0.2, 0) is 11.3 Å². The Morgan fingerprint density at radius 2 is 1.60 bits per heavy atom. The van der Waals surface area contributed by atoms with Crippen molar-refractivity contribution in [2.75, 3.05) is 59.0 Å². The van der Waals surface area contributed by atoms with Crippen molar-refractivity contribution in [2.45, 2.75) is 6.54 Å². The average Bonchev–Trinajstić information content (AvgIpc) is 2.78. The molecule has 1 amide bonds. The smallest absolute Gasteiger partial charge is 0.234 e. The highest BCUT2D eigenvalue weighted by atomic mass is 35.5. The number of nitrogens with one attached hydrogen (secondary N) is 1. The van der Waals surface area contributed by atoms with Crippen LogP contribution in [-0.4, -0.2) is 64.9 Å². The van der Waals surface area contributed by atoms with Gasteiger partial charge in [-0.1, -0.05) is 23.7 Å². The maximum absolute atomic E-state index is 12.5. The molecule has 1 aliphatic heterocycles. The van der Waals surface area contributed by atoms with Gasteiger partial charge in [-0.05, 0) is 18.2 Å². The van der Waals surface area contributed by atoms with Crippen molar-refractivity contribution in [2.24, 2.45) is 0 Å². The summed E-state index contributed by atoms with van der Waals surface area (Å²) in [7, 11) is 4.74.